The standard InChI is InChI=1S/C27H30N2O5/c1-4-15-33-23-14-12-22(17-25(23)31-3)27(30)29-28-18-21-11-13-24(26(16-21)32-5-2)34-19-20-9-7-6-8-10-20/h6-14,16-18H,4-5,15,19H2,1-3H3,(H,29,30)/b28-18+. The van der Waals surface area contributed by atoms with E-state index in [-0.39, 0.29) is 5.91 Å². The number of ether oxygens (including phenoxy) is 4. The van der Waals surface area contributed by atoms with Crippen molar-refractivity contribution < 1.29 is 23.7 Å². The van der Waals surface area contributed by atoms with Gasteiger partial charge in [0.1, 0.15) is 6.61 Å². The number of methoxy groups -OCH3 is 1. The van der Waals surface area contributed by atoms with Crippen LogP contribution in [0, 0.1) is 0 Å². The first-order valence-electron chi connectivity index (χ1n) is 11.2. The molecule has 0 aromatic heterocycles. The van der Waals surface area contributed by atoms with Crippen molar-refractivity contribution in [1.82, 2.24) is 5.43 Å². The van der Waals surface area contributed by atoms with Gasteiger partial charge in [-0.3, -0.25) is 4.79 Å². The maximum absolute atomic E-state index is 12.5. The van der Waals surface area contributed by atoms with Gasteiger partial charge in [0.15, 0.2) is 23.0 Å². The summed E-state index contributed by atoms with van der Waals surface area (Å²) in [6.45, 7) is 5.45. The van der Waals surface area contributed by atoms with Crippen molar-refractivity contribution in [2.45, 2.75) is 26.9 Å². The average Bonchev–Trinajstić information content (AvgIpc) is 2.87. The Morgan fingerprint density at radius 2 is 1.65 bits per heavy atom. The van der Waals surface area contributed by atoms with Crippen molar-refractivity contribution in [3.63, 3.8) is 0 Å². The molecule has 0 heterocycles. The fourth-order valence-corrected chi connectivity index (χ4v) is 3.10. The summed E-state index contributed by atoms with van der Waals surface area (Å²) in [4.78, 5) is 12.5. The smallest absolute Gasteiger partial charge is 0.271 e. The van der Waals surface area contributed by atoms with Gasteiger partial charge in [-0.2, -0.15) is 5.10 Å². The van der Waals surface area contributed by atoms with Gasteiger partial charge in [0, 0.05) is 5.56 Å². The minimum atomic E-state index is -0.357. The van der Waals surface area contributed by atoms with Crippen molar-refractivity contribution >= 4 is 12.1 Å². The Morgan fingerprint density at radius 3 is 2.38 bits per heavy atom. The number of carbonyl (C=O) groups excluding carboxylic acids is 1. The predicted octanol–water partition coefficient (Wildman–Crippen LogP) is 5.23. The molecule has 0 radical (unpaired) electrons. The third-order valence-corrected chi connectivity index (χ3v) is 4.77. The number of carbonyl (C=O) groups is 1. The number of hydrazone groups is 1. The number of benzene rings is 3. The summed E-state index contributed by atoms with van der Waals surface area (Å²) in [5.41, 5.74) is 4.78. The van der Waals surface area contributed by atoms with Gasteiger partial charge in [-0.05, 0) is 60.9 Å². The minimum Gasteiger partial charge on any atom is -0.493 e. The molecule has 178 valence electrons. The van der Waals surface area contributed by atoms with E-state index in [0.29, 0.717) is 48.4 Å². The highest BCUT2D eigenvalue weighted by Gasteiger charge is 2.11. The maximum atomic E-state index is 12.5. The molecule has 0 aliphatic heterocycles. The molecule has 0 saturated carbocycles. The predicted molar refractivity (Wildman–Crippen MR) is 132 cm³/mol. The molecule has 3 aromatic rings. The summed E-state index contributed by atoms with van der Waals surface area (Å²) in [5.74, 6) is 2.00. The van der Waals surface area contributed by atoms with Gasteiger partial charge < -0.3 is 18.9 Å². The van der Waals surface area contributed by atoms with Crippen molar-refractivity contribution in [2.24, 2.45) is 5.10 Å². The maximum Gasteiger partial charge on any atom is 0.271 e. The molecule has 0 atom stereocenters. The Balaban J connectivity index is 1.64. The fraction of sp³-hybridized carbons (Fsp3) is 0.259. The van der Waals surface area contributed by atoms with Gasteiger partial charge >= 0.3 is 0 Å². The van der Waals surface area contributed by atoms with Gasteiger partial charge in [0.2, 0.25) is 0 Å². The van der Waals surface area contributed by atoms with Crippen LogP contribution in [0.15, 0.2) is 71.8 Å². The molecule has 34 heavy (non-hydrogen) atoms. The summed E-state index contributed by atoms with van der Waals surface area (Å²) in [7, 11) is 1.54. The van der Waals surface area contributed by atoms with Gasteiger partial charge in [-0.25, -0.2) is 5.43 Å². The molecule has 0 spiro atoms. The van der Waals surface area contributed by atoms with Crippen LogP contribution in [0.5, 0.6) is 23.0 Å². The number of hydrogen-bond donors (Lipinski definition) is 1. The van der Waals surface area contributed by atoms with E-state index in [1.54, 1.807) is 24.4 Å². The van der Waals surface area contributed by atoms with E-state index in [2.05, 4.69) is 10.5 Å². The number of hydrogen-bond acceptors (Lipinski definition) is 6. The Hall–Kier alpha value is -4.00. The van der Waals surface area contributed by atoms with E-state index < -0.39 is 0 Å². The first-order valence-corrected chi connectivity index (χ1v) is 11.2. The Labute approximate surface area is 200 Å². The summed E-state index contributed by atoms with van der Waals surface area (Å²) < 4.78 is 22.6. The van der Waals surface area contributed by atoms with Gasteiger partial charge in [0.05, 0.1) is 26.5 Å². The van der Waals surface area contributed by atoms with Crippen LogP contribution in [0.25, 0.3) is 0 Å². The second-order valence-corrected chi connectivity index (χ2v) is 7.33. The molecule has 0 saturated heterocycles. The molecule has 0 aliphatic carbocycles. The highest BCUT2D eigenvalue weighted by atomic mass is 16.5. The number of rotatable bonds is 12. The van der Waals surface area contributed by atoms with Crippen LogP contribution in [-0.4, -0.2) is 32.4 Å². The lowest BCUT2D eigenvalue weighted by Gasteiger charge is -2.12. The zero-order chi connectivity index (χ0) is 24.2. The van der Waals surface area contributed by atoms with E-state index >= 15 is 0 Å². The van der Waals surface area contributed by atoms with E-state index in [0.717, 1.165) is 17.5 Å². The summed E-state index contributed by atoms with van der Waals surface area (Å²) in [6, 6.07) is 20.4. The SMILES string of the molecule is CCCOc1ccc(C(=O)N/N=C/c2ccc(OCc3ccccc3)c(OCC)c2)cc1OC. The highest BCUT2D eigenvalue weighted by Crippen LogP contribution is 2.29. The highest BCUT2D eigenvalue weighted by molar-refractivity contribution is 5.95. The lowest BCUT2D eigenvalue weighted by atomic mass is 10.2. The van der Waals surface area contributed by atoms with Crippen molar-refractivity contribution in [2.75, 3.05) is 20.3 Å². The second-order valence-electron chi connectivity index (χ2n) is 7.33. The van der Waals surface area contributed by atoms with Crippen molar-refractivity contribution in [3.05, 3.63) is 83.4 Å². The summed E-state index contributed by atoms with van der Waals surface area (Å²) in [5, 5.41) is 4.08. The Morgan fingerprint density at radius 1 is 0.882 bits per heavy atom. The molecule has 0 bridgehead atoms. The molecule has 0 aliphatic rings. The largest absolute Gasteiger partial charge is 0.493 e. The molecule has 7 heteroatoms. The molecule has 1 N–H and O–H groups in total. The van der Waals surface area contributed by atoms with Crippen LogP contribution >= 0.6 is 0 Å². The van der Waals surface area contributed by atoms with E-state index in [1.165, 1.54) is 7.11 Å². The molecule has 3 rings (SSSR count). The average molecular weight is 463 g/mol. The molecule has 0 fully saturated rings. The topological polar surface area (TPSA) is 78.4 Å². The lowest BCUT2D eigenvalue weighted by Crippen LogP contribution is -2.17. The van der Waals surface area contributed by atoms with Gasteiger partial charge in [0.25, 0.3) is 5.91 Å². The first kappa shape index (κ1) is 24.6. The molecular formula is C27H30N2O5. The normalized spacial score (nSPS) is 10.7. The molecular weight excluding hydrogens is 432 g/mol. The first-order chi connectivity index (χ1) is 16.6. The van der Waals surface area contributed by atoms with Crippen molar-refractivity contribution in [1.29, 1.82) is 0 Å². The lowest BCUT2D eigenvalue weighted by molar-refractivity contribution is 0.0954. The minimum absolute atomic E-state index is 0.357. The number of nitrogens with zero attached hydrogens (tertiary/aromatic N) is 1. The number of nitrogens with one attached hydrogen (secondary N) is 1. The van der Waals surface area contributed by atoms with Crippen LogP contribution < -0.4 is 24.4 Å². The Bertz CT molecular complexity index is 1100. The van der Waals surface area contributed by atoms with Crippen molar-refractivity contribution in [3.8, 4) is 23.0 Å². The van der Waals surface area contributed by atoms with Crippen LogP contribution in [0.1, 0.15) is 41.8 Å². The van der Waals surface area contributed by atoms with Crippen LogP contribution in [0.3, 0.4) is 0 Å². The number of amides is 1. The van der Waals surface area contributed by atoms with Crippen LogP contribution in [0.4, 0.5) is 0 Å². The second kappa shape index (κ2) is 12.9. The zero-order valence-corrected chi connectivity index (χ0v) is 19.7. The van der Waals surface area contributed by atoms with E-state index in [9.17, 15) is 4.79 Å². The molecule has 3 aromatic carbocycles. The van der Waals surface area contributed by atoms with Crippen LogP contribution in [0.2, 0.25) is 0 Å². The third-order valence-electron chi connectivity index (χ3n) is 4.77. The summed E-state index contributed by atoms with van der Waals surface area (Å²) in [6.07, 6.45) is 2.43. The third kappa shape index (κ3) is 7.00. The van der Waals surface area contributed by atoms with Gasteiger partial charge in [-0.1, -0.05) is 37.3 Å². The molecule has 0 unspecified atom stereocenters. The monoisotopic (exact) mass is 462 g/mol. The quantitative estimate of drug-likeness (QED) is 0.295. The summed E-state index contributed by atoms with van der Waals surface area (Å²) >= 11 is 0. The van der Waals surface area contributed by atoms with E-state index in [4.69, 9.17) is 18.9 Å². The fourth-order valence-electron chi connectivity index (χ4n) is 3.10. The van der Waals surface area contributed by atoms with Crippen LogP contribution in [-0.2, 0) is 6.61 Å². The van der Waals surface area contributed by atoms with Gasteiger partial charge in [-0.15, -0.1) is 0 Å². The molecule has 1 amide bonds. The van der Waals surface area contributed by atoms with E-state index in [1.807, 2.05) is 62.4 Å². The Kier molecular flexibility index (Phi) is 9.34. The zero-order valence-electron chi connectivity index (χ0n) is 19.7. The molecule has 7 nitrogen and oxygen atoms in total.